The molecule has 2 aromatic heterocycles. The van der Waals surface area contributed by atoms with E-state index in [-0.39, 0.29) is 6.10 Å². The normalized spacial score (nSPS) is 18.3. The fourth-order valence-corrected chi connectivity index (χ4v) is 4.39. The van der Waals surface area contributed by atoms with E-state index in [0.717, 1.165) is 67.4 Å². The first-order chi connectivity index (χ1) is 16.1. The number of aliphatic hydroxyl groups excluding tert-OH is 1. The van der Waals surface area contributed by atoms with Crippen LogP contribution in [0.1, 0.15) is 27.2 Å². The van der Waals surface area contributed by atoms with Crippen LogP contribution in [0.25, 0.3) is 11.0 Å². The van der Waals surface area contributed by atoms with Crippen molar-refractivity contribution < 1.29 is 5.11 Å². The van der Waals surface area contributed by atoms with Gasteiger partial charge in [-0.25, -0.2) is 0 Å². The zero-order valence-corrected chi connectivity index (χ0v) is 19.9. The van der Waals surface area contributed by atoms with E-state index >= 15 is 0 Å². The summed E-state index contributed by atoms with van der Waals surface area (Å²) in [6, 6.07) is 10.4. The van der Waals surface area contributed by atoms with Crippen LogP contribution in [0.15, 0.2) is 48.8 Å². The van der Waals surface area contributed by atoms with E-state index in [1.165, 1.54) is 5.69 Å². The molecule has 1 atom stereocenters. The van der Waals surface area contributed by atoms with Crippen LogP contribution in [-0.2, 0) is 0 Å². The molecule has 2 saturated heterocycles. The highest BCUT2D eigenvalue weighted by molar-refractivity contribution is 5.89. The van der Waals surface area contributed by atoms with Crippen LogP contribution in [0.3, 0.4) is 0 Å². The number of H-pyrrole nitrogens is 1. The maximum atomic E-state index is 9.94. The molecule has 2 aliphatic rings. The molecule has 2 fully saturated rings. The minimum Gasteiger partial charge on any atom is -0.391 e. The Labute approximate surface area is 195 Å². The minimum absolute atomic E-state index is 0.301. The van der Waals surface area contributed by atoms with Crippen LogP contribution >= 0.6 is 0 Å². The van der Waals surface area contributed by atoms with Crippen molar-refractivity contribution in [3.8, 4) is 0 Å². The highest BCUT2D eigenvalue weighted by Crippen LogP contribution is 2.29. The van der Waals surface area contributed by atoms with Gasteiger partial charge in [0.25, 0.3) is 0 Å². The highest BCUT2D eigenvalue weighted by atomic mass is 16.3. The molecule has 8 nitrogen and oxygen atoms in total. The van der Waals surface area contributed by atoms with Crippen molar-refractivity contribution >= 4 is 34.2 Å². The summed E-state index contributed by atoms with van der Waals surface area (Å²) in [5, 5.41) is 14.3. The second-order valence-corrected chi connectivity index (χ2v) is 8.38. The van der Waals surface area contributed by atoms with Crippen molar-refractivity contribution in [1.29, 1.82) is 0 Å². The first-order valence-corrected chi connectivity index (χ1v) is 11.9. The number of piperazine rings is 1. The standard InChI is InChI=1S/C23H29N7O.C2H6/c1-16(2)28-11-13-29(14-12-28)18-5-3-17(4-6-18)25-23-26-21-20(7-9-24-21)22(27-23)30-10-8-19(31)15-30;1-2/h3-7,9,19,31H,1,8,10-15H2,2H3,(H2,24,25,26,27);1-2H3. The third kappa shape index (κ3) is 5.06. The minimum atomic E-state index is -0.301. The zero-order valence-electron chi connectivity index (χ0n) is 19.9. The smallest absolute Gasteiger partial charge is 0.231 e. The molecule has 1 aromatic carbocycles. The predicted molar refractivity (Wildman–Crippen MR) is 136 cm³/mol. The van der Waals surface area contributed by atoms with Gasteiger partial charge in [0.1, 0.15) is 11.5 Å². The number of anilines is 4. The second-order valence-electron chi connectivity index (χ2n) is 8.38. The Morgan fingerprint density at radius 3 is 2.39 bits per heavy atom. The molecule has 33 heavy (non-hydrogen) atoms. The number of benzene rings is 1. The van der Waals surface area contributed by atoms with Crippen LogP contribution in [0, 0.1) is 0 Å². The lowest BCUT2D eigenvalue weighted by atomic mass is 10.2. The van der Waals surface area contributed by atoms with Gasteiger partial charge in [-0.1, -0.05) is 20.4 Å². The van der Waals surface area contributed by atoms with E-state index in [0.29, 0.717) is 12.5 Å². The van der Waals surface area contributed by atoms with E-state index in [1.54, 1.807) is 0 Å². The fraction of sp³-hybridized carbons (Fsp3) is 0.440. The lowest BCUT2D eigenvalue weighted by Crippen LogP contribution is -2.45. The molecule has 0 spiro atoms. The van der Waals surface area contributed by atoms with Gasteiger partial charge < -0.3 is 30.1 Å². The highest BCUT2D eigenvalue weighted by Gasteiger charge is 2.24. The molecule has 3 N–H and O–H groups in total. The van der Waals surface area contributed by atoms with E-state index < -0.39 is 0 Å². The van der Waals surface area contributed by atoms with Crippen LogP contribution in [-0.4, -0.2) is 70.3 Å². The van der Waals surface area contributed by atoms with Crippen LogP contribution < -0.4 is 15.1 Å². The molecule has 0 amide bonds. The van der Waals surface area contributed by atoms with Gasteiger partial charge >= 0.3 is 0 Å². The van der Waals surface area contributed by atoms with Crippen molar-refractivity contribution in [3.05, 3.63) is 48.8 Å². The van der Waals surface area contributed by atoms with Crippen molar-refractivity contribution in [2.24, 2.45) is 0 Å². The van der Waals surface area contributed by atoms with Crippen molar-refractivity contribution in [2.45, 2.75) is 33.3 Å². The molecule has 0 radical (unpaired) electrons. The molecular formula is C25H35N7O. The summed E-state index contributed by atoms with van der Waals surface area (Å²) >= 11 is 0. The van der Waals surface area contributed by atoms with E-state index in [9.17, 15) is 5.11 Å². The van der Waals surface area contributed by atoms with E-state index in [2.05, 4.69) is 67.8 Å². The number of β-amino-alcohol motifs (C(OH)–C–C–N with tert-alkyl or cyclic N) is 1. The predicted octanol–water partition coefficient (Wildman–Crippen LogP) is 3.95. The molecule has 4 heterocycles. The number of nitrogens with one attached hydrogen (secondary N) is 2. The van der Waals surface area contributed by atoms with E-state index in [4.69, 9.17) is 4.98 Å². The lowest BCUT2D eigenvalue weighted by molar-refractivity contribution is 0.198. The summed E-state index contributed by atoms with van der Waals surface area (Å²) in [6.07, 6.45) is 2.34. The quantitative estimate of drug-likeness (QED) is 0.544. The number of aromatic amines is 1. The van der Waals surface area contributed by atoms with Crippen LogP contribution in [0.4, 0.5) is 23.1 Å². The fourth-order valence-electron chi connectivity index (χ4n) is 4.39. The number of aliphatic hydroxyl groups is 1. The molecular weight excluding hydrogens is 414 g/mol. The number of hydrogen-bond acceptors (Lipinski definition) is 7. The van der Waals surface area contributed by atoms with Crippen LogP contribution in [0.5, 0.6) is 0 Å². The maximum absolute atomic E-state index is 9.94. The number of nitrogens with zero attached hydrogens (tertiary/aromatic N) is 5. The Balaban J connectivity index is 0.00000126. The summed E-state index contributed by atoms with van der Waals surface area (Å²) in [6.45, 7) is 15.5. The molecule has 0 saturated carbocycles. The lowest BCUT2D eigenvalue weighted by Gasteiger charge is -2.37. The van der Waals surface area contributed by atoms with Crippen molar-refractivity contribution in [1.82, 2.24) is 19.9 Å². The third-order valence-corrected chi connectivity index (χ3v) is 6.17. The van der Waals surface area contributed by atoms with Gasteiger partial charge in [0.15, 0.2) is 0 Å². The summed E-state index contributed by atoms with van der Waals surface area (Å²) in [7, 11) is 0. The summed E-state index contributed by atoms with van der Waals surface area (Å²) in [5.74, 6) is 1.41. The molecule has 176 valence electrons. The van der Waals surface area contributed by atoms with Gasteiger partial charge in [-0.15, -0.1) is 0 Å². The molecule has 5 rings (SSSR count). The Morgan fingerprint density at radius 2 is 1.76 bits per heavy atom. The Morgan fingerprint density at radius 1 is 1.03 bits per heavy atom. The first kappa shape index (κ1) is 22.9. The monoisotopic (exact) mass is 449 g/mol. The van der Waals surface area contributed by atoms with Gasteiger partial charge in [-0.05, 0) is 43.7 Å². The zero-order chi connectivity index (χ0) is 23.4. The molecule has 3 aromatic rings. The number of aromatic nitrogens is 3. The van der Waals surface area contributed by atoms with Crippen molar-refractivity contribution in [2.75, 3.05) is 54.4 Å². The maximum Gasteiger partial charge on any atom is 0.231 e. The molecule has 2 aliphatic heterocycles. The van der Waals surface area contributed by atoms with Gasteiger partial charge in [-0.2, -0.15) is 9.97 Å². The summed E-state index contributed by atoms with van der Waals surface area (Å²) < 4.78 is 0. The number of rotatable bonds is 5. The second kappa shape index (κ2) is 10.1. The Bertz CT molecular complexity index is 1070. The Kier molecular flexibility index (Phi) is 7.03. The van der Waals surface area contributed by atoms with Crippen molar-refractivity contribution in [3.63, 3.8) is 0 Å². The molecule has 1 unspecified atom stereocenters. The van der Waals surface area contributed by atoms with Gasteiger partial charge in [-0.3, -0.25) is 0 Å². The Hall–Kier alpha value is -3.26. The SMILES string of the molecule is C=C(C)N1CCN(c2ccc(Nc3nc(N4CCC(O)C4)c4cc[nH]c4n3)cc2)CC1.CC. The average Bonchev–Trinajstić information content (AvgIpc) is 3.49. The topological polar surface area (TPSA) is 83.5 Å². The third-order valence-electron chi connectivity index (χ3n) is 6.17. The number of hydrogen-bond donors (Lipinski definition) is 3. The molecule has 0 bridgehead atoms. The first-order valence-electron chi connectivity index (χ1n) is 11.9. The average molecular weight is 450 g/mol. The van der Waals surface area contributed by atoms with Gasteiger partial charge in [0.2, 0.25) is 5.95 Å². The number of fused-ring (bicyclic) bond motifs is 1. The largest absolute Gasteiger partial charge is 0.391 e. The van der Waals surface area contributed by atoms with E-state index in [1.807, 2.05) is 26.1 Å². The van der Waals surface area contributed by atoms with Gasteiger partial charge in [0, 0.05) is 62.5 Å². The van der Waals surface area contributed by atoms with Gasteiger partial charge in [0.05, 0.1) is 11.5 Å². The molecule has 0 aliphatic carbocycles. The summed E-state index contributed by atoms with van der Waals surface area (Å²) in [5.41, 5.74) is 4.10. The molecule has 8 heteroatoms. The van der Waals surface area contributed by atoms with Crippen LogP contribution in [0.2, 0.25) is 0 Å². The summed E-state index contributed by atoms with van der Waals surface area (Å²) in [4.78, 5) is 19.4. The number of allylic oxidation sites excluding steroid dienone is 1.